The van der Waals surface area contributed by atoms with E-state index in [0.29, 0.717) is 24.8 Å². The Morgan fingerprint density at radius 1 is 1.24 bits per heavy atom. The average Bonchev–Trinajstić information content (AvgIpc) is 2.79. The number of hydrogen-bond acceptors (Lipinski definition) is 4. The topological polar surface area (TPSA) is 63.6 Å². The van der Waals surface area contributed by atoms with Gasteiger partial charge in [0.15, 0.2) is 17.4 Å². The van der Waals surface area contributed by atoms with E-state index in [-0.39, 0.29) is 29.2 Å². The van der Waals surface area contributed by atoms with E-state index in [1.165, 1.54) is 31.4 Å². The van der Waals surface area contributed by atoms with Crippen molar-refractivity contribution in [1.82, 2.24) is 0 Å². The van der Waals surface area contributed by atoms with Crippen molar-refractivity contribution < 1.29 is 28.2 Å². The summed E-state index contributed by atoms with van der Waals surface area (Å²) >= 11 is 0. The van der Waals surface area contributed by atoms with Crippen LogP contribution >= 0.6 is 0 Å². The molecule has 1 aromatic carbocycles. The zero-order chi connectivity index (χ0) is 18.4. The number of ether oxygens (including phenoxy) is 1. The van der Waals surface area contributed by atoms with Crippen LogP contribution in [0.5, 0.6) is 0 Å². The Balaban J connectivity index is 2.02. The number of esters is 1. The normalized spacial score (nSPS) is 17.2. The second-order valence-corrected chi connectivity index (χ2v) is 5.94. The molecule has 6 heteroatoms. The maximum absolute atomic E-state index is 13.9. The van der Waals surface area contributed by atoms with Crippen LogP contribution in [0.2, 0.25) is 0 Å². The molecule has 1 unspecified atom stereocenters. The zero-order valence-corrected chi connectivity index (χ0v) is 13.9. The van der Waals surface area contributed by atoms with Crippen LogP contribution in [0.15, 0.2) is 35.9 Å². The molecule has 0 amide bonds. The second-order valence-electron chi connectivity index (χ2n) is 5.94. The summed E-state index contributed by atoms with van der Waals surface area (Å²) in [5, 5.41) is 8.93. The van der Waals surface area contributed by atoms with Gasteiger partial charge in [-0.1, -0.05) is 18.2 Å². The van der Waals surface area contributed by atoms with Gasteiger partial charge in [0.05, 0.1) is 19.3 Å². The Kier molecular flexibility index (Phi) is 6.58. The number of methoxy groups -OCH3 is 1. The van der Waals surface area contributed by atoms with Crippen LogP contribution in [0.3, 0.4) is 0 Å². The van der Waals surface area contributed by atoms with E-state index < -0.39 is 24.2 Å². The first-order chi connectivity index (χ1) is 12.0. The molecule has 0 fully saturated rings. The fraction of sp³-hybridized carbons (Fsp3) is 0.368. The first kappa shape index (κ1) is 19.0. The Morgan fingerprint density at radius 2 is 1.92 bits per heavy atom. The fourth-order valence-corrected chi connectivity index (χ4v) is 2.82. The highest BCUT2D eigenvalue weighted by molar-refractivity contribution is 5.97. The van der Waals surface area contributed by atoms with Crippen LogP contribution < -0.4 is 0 Å². The van der Waals surface area contributed by atoms with Crippen molar-refractivity contribution >= 4 is 11.8 Å². The summed E-state index contributed by atoms with van der Waals surface area (Å²) in [4.78, 5) is 23.4. The largest absolute Gasteiger partial charge is 0.465 e. The molecule has 0 radical (unpaired) electrons. The number of carbonyl (C=O) groups is 2. The summed E-state index contributed by atoms with van der Waals surface area (Å²) in [6.07, 6.45) is 6.13. The Morgan fingerprint density at radius 3 is 2.60 bits per heavy atom. The lowest BCUT2D eigenvalue weighted by Crippen LogP contribution is -2.07. The Hall–Kier alpha value is -2.34. The minimum Gasteiger partial charge on any atom is -0.465 e. The van der Waals surface area contributed by atoms with Gasteiger partial charge in [-0.3, -0.25) is 4.79 Å². The van der Waals surface area contributed by atoms with E-state index in [1.54, 1.807) is 6.08 Å². The van der Waals surface area contributed by atoms with Gasteiger partial charge in [-0.05, 0) is 42.9 Å². The lowest BCUT2D eigenvalue weighted by molar-refractivity contribution is -0.135. The molecule has 0 bridgehead atoms. The van der Waals surface area contributed by atoms with Crippen LogP contribution in [0, 0.1) is 17.6 Å². The van der Waals surface area contributed by atoms with Crippen molar-refractivity contribution in [3.8, 4) is 0 Å². The first-order valence-corrected chi connectivity index (χ1v) is 8.04. The average molecular weight is 350 g/mol. The van der Waals surface area contributed by atoms with Gasteiger partial charge in [-0.15, -0.1) is 0 Å². The van der Waals surface area contributed by atoms with Crippen molar-refractivity contribution in [2.75, 3.05) is 7.11 Å². The second kappa shape index (κ2) is 8.67. The molecule has 1 aromatic rings. The summed E-state index contributed by atoms with van der Waals surface area (Å²) < 4.78 is 32.3. The highest BCUT2D eigenvalue weighted by Gasteiger charge is 2.18. The van der Waals surface area contributed by atoms with Crippen LogP contribution in [0.4, 0.5) is 8.78 Å². The molecule has 1 aliphatic carbocycles. The number of aliphatic hydroxyl groups is 1. The van der Waals surface area contributed by atoms with Gasteiger partial charge in [0, 0.05) is 12.0 Å². The van der Waals surface area contributed by atoms with Crippen molar-refractivity contribution in [2.24, 2.45) is 5.92 Å². The molecule has 0 aromatic heterocycles. The maximum atomic E-state index is 13.9. The van der Waals surface area contributed by atoms with Crippen LogP contribution in [0.25, 0.3) is 0 Å². The Labute approximate surface area is 144 Å². The van der Waals surface area contributed by atoms with E-state index in [2.05, 4.69) is 4.74 Å². The van der Waals surface area contributed by atoms with E-state index in [0.717, 1.165) is 0 Å². The van der Waals surface area contributed by atoms with Crippen LogP contribution in [-0.4, -0.2) is 24.0 Å². The van der Waals surface area contributed by atoms with Crippen molar-refractivity contribution in [3.63, 3.8) is 0 Å². The van der Waals surface area contributed by atoms with E-state index in [9.17, 15) is 18.4 Å². The third-order valence-electron chi connectivity index (χ3n) is 4.18. The molecule has 4 nitrogen and oxygen atoms in total. The number of aryl methyl sites for hydroxylation is 1. The molecule has 1 N–H and O–H groups in total. The molecule has 134 valence electrons. The van der Waals surface area contributed by atoms with Crippen molar-refractivity contribution in [1.29, 1.82) is 0 Å². The number of ketones is 1. The molecular weight excluding hydrogens is 330 g/mol. The summed E-state index contributed by atoms with van der Waals surface area (Å²) in [5.74, 6) is -2.74. The number of hydrogen-bond donors (Lipinski definition) is 1. The number of benzene rings is 1. The summed E-state index contributed by atoms with van der Waals surface area (Å²) in [7, 11) is 1.27. The smallest absolute Gasteiger partial charge is 0.337 e. The molecule has 0 saturated carbocycles. The number of allylic oxidation sites excluding steroid dienone is 2. The summed E-state index contributed by atoms with van der Waals surface area (Å²) in [6.45, 7) is -0.554. The molecule has 0 aliphatic heterocycles. The third kappa shape index (κ3) is 4.82. The number of halogens is 2. The standard InChI is InChI=1S/C19H20F2O4/c1-25-19(24)14-7-8-16(23)10-12(9-14)3-2-4-13-5-6-15(11-22)18(21)17(13)20/h5-9,12,22H,2-4,10-11H2,1H3. The van der Waals surface area contributed by atoms with E-state index >= 15 is 0 Å². The molecule has 1 atom stereocenters. The predicted octanol–water partition coefficient (Wildman–Crippen LogP) is 3.02. The van der Waals surface area contributed by atoms with Crippen molar-refractivity contribution in [3.05, 3.63) is 58.7 Å². The predicted molar refractivity (Wildman–Crippen MR) is 87.6 cm³/mol. The monoisotopic (exact) mass is 350 g/mol. The quantitative estimate of drug-likeness (QED) is 0.801. The fourth-order valence-electron chi connectivity index (χ4n) is 2.82. The van der Waals surface area contributed by atoms with Gasteiger partial charge in [0.25, 0.3) is 0 Å². The minimum atomic E-state index is -1.03. The SMILES string of the molecule is COC(=O)C1=CC(CCCc2ccc(CO)c(F)c2F)CC(=O)C=C1. The number of carbonyl (C=O) groups excluding carboxylic acids is 2. The van der Waals surface area contributed by atoms with Gasteiger partial charge >= 0.3 is 5.97 Å². The Bertz CT molecular complexity index is 722. The van der Waals surface area contributed by atoms with Gasteiger partial charge in [0.2, 0.25) is 0 Å². The first-order valence-electron chi connectivity index (χ1n) is 8.04. The molecule has 2 rings (SSSR count). The lowest BCUT2D eigenvalue weighted by atomic mass is 9.94. The number of rotatable bonds is 6. The summed E-state index contributed by atoms with van der Waals surface area (Å²) in [5.41, 5.74) is 0.472. The third-order valence-corrected chi connectivity index (χ3v) is 4.18. The van der Waals surface area contributed by atoms with E-state index in [4.69, 9.17) is 5.11 Å². The molecule has 0 saturated heterocycles. The number of aliphatic hydroxyl groups excluding tert-OH is 1. The van der Waals surface area contributed by atoms with Crippen molar-refractivity contribution in [2.45, 2.75) is 32.3 Å². The highest BCUT2D eigenvalue weighted by atomic mass is 19.2. The van der Waals surface area contributed by atoms with Crippen LogP contribution in [0.1, 0.15) is 30.4 Å². The molecule has 25 heavy (non-hydrogen) atoms. The lowest BCUT2D eigenvalue weighted by Gasteiger charge is -2.12. The summed E-state index contributed by atoms with van der Waals surface area (Å²) in [6, 6.07) is 2.82. The van der Waals surface area contributed by atoms with Gasteiger partial charge in [-0.25, -0.2) is 13.6 Å². The highest BCUT2D eigenvalue weighted by Crippen LogP contribution is 2.23. The maximum Gasteiger partial charge on any atom is 0.337 e. The molecular formula is C19H20F2O4. The van der Waals surface area contributed by atoms with Gasteiger partial charge < -0.3 is 9.84 Å². The molecule has 0 heterocycles. The molecule has 1 aliphatic rings. The molecule has 0 spiro atoms. The van der Waals surface area contributed by atoms with E-state index in [1.807, 2.05) is 0 Å². The van der Waals surface area contributed by atoms with Crippen LogP contribution in [-0.2, 0) is 27.4 Å². The minimum absolute atomic E-state index is 0.0765. The van der Waals surface area contributed by atoms with Gasteiger partial charge in [-0.2, -0.15) is 0 Å². The zero-order valence-electron chi connectivity index (χ0n) is 13.9. The van der Waals surface area contributed by atoms with Gasteiger partial charge in [0.1, 0.15) is 0 Å².